The molecule has 0 heterocycles. The molecule has 0 aromatic heterocycles. The normalized spacial score (nSPS) is 10.9. The van der Waals surface area contributed by atoms with Gasteiger partial charge in [0.15, 0.2) is 0 Å². The molecule has 0 aliphatic rings. The Balaban J connectivity index is -0.000000845. The largest absolute Gasteiger partial charge is 2.00 e. The van der Waals surface area contributed by atoms with Gasteiger partial charge in [-0.25, -0.2) is 0 Å². The fourth-order valence-corrected chi connectivity index (χ4v) is 4.16. The van der Waals surface area contributed by atoms with E-state index < -0.39 is 8.56 Å². The van der Waals surface area contributed by atoms with Crippen LogP contribution in [0.25, 0.3) is 0 Å². The van der Waals surface area contributed by atoms with Crippen molar-refractivity contribution in [2.45, 2.75) is 52.4 Å². The Morgan fingerprint density at radius 2 is 1.56 bits per heavy atom. The molecule has 0 aliphatic heterocycles. The van der Waals surface area contributed by atoms with Crippen molar-refractivity contribution >= 4 is 31.6 Å². The standard InChI is InChI=1S/C11H23O2Si.HI.Mg/c1-7-9-14(8-2,12-10(3)4)13-11(5)6;;/h8,10-11H,1-2,7,9H2,3-6H3;1H;/q-1;;+2/p-1. The Labute approximate surface area is 135 Å². The number of hydrogen-bond acceptors (Lipinski definition) is 2. The molecule has 0 radical (unpaired) electrons. The van der Waals surface area contributed by atoms with Gasteiger partial charge in [0.25, 0.3) is 0 Å². The van der Waals surface area contributed by atoms with E-state index in [1.165, 1.54) is 0 Å². The van der Waals surface area contributed by atoms with E-state index in [1.807, 2.05) is 33.4 Å². The maximum atomic E-state index is 5.90. The first-order chi connectivity index (χ1) is 6.45. The molecule has 92 valence electrons. The van der Waals surface area contributed by atoms with Crippen LogP contribution in [-0.2, 0) is 8.85 Å². The van der Waals surface area contributed by atoms with Crippen LogP contribution in [0.5, 0.6) is 0 Å². The second kappa shape index (κ2) is 11.5. The van der Waals surface area contributed by atoms with E-state index in [4.69, 9.17) is 8.85 Å². The van der Waals surface area contributed by atoms with Crippen molar-refractivity contribution in [3.05, 3.63) is 19.2 Å². The minimum atomic E-state index is -2.19. The minimum Gasteiger partial charge on any atom is -1.00 e. The van der Waals surface area contributed by atoms with Crippen LogP contribution in [0, 0.1) is 6.92 Å². The smallest absolute Gasteiger partial charge is 1.00 e. The van der Waals surface area contributed by atoms with Gasteiger partial charge in [0.2, 0.25) is 0 Å². The molecule has 16 heavy (non-hydrogen) atoms. The third-order valence-corrected chi connectivity index (χ3v) is 5.12. The van der Waals surface area contributed by atoms with Crippen molar-refractivity contribution < 1.29 is 32.8 Å². The summed E-state index contributed by atoms with van der Waals surface area (Å²) < 4.78 is 11.8. The van der Waals surface area contributed by atoms with Crippen molar-refractivity contribution in [1.82, 2.24) is 0 Å². The van der Waals surface area contributed by atoms with Gasteiger partial charge in [-0.15, -0.1) is 6.58 Å². The summed E-state index contributed by atoms with van der Waals surface area (Å²) in [5.74, 6) is 0. The first-order valence-electron chi connectivity index (χ1n) is 5.24. The van der Waals surface area contributed by atoms with E-state index in [0.29, 0.717) is 0 Å². The van der Waals surface area contributed by atoms with Gasteiger partial charge in [-0.1, -0.05) is 0 Å². The SMILES string of the molecule is C=C[Si](CC[CH2-])(OC(C)C)OC(C)C.[I-].[Mg+2]. The molecule has 5 heteroatoms. The van der Waals surface area contributed by atoms with E-state index in [1.54, 1.807) is 0 Å². The van der Waals surface area contributed by atoms with Crippen LogP contribution in [0.2, 0.25) is 6.04 Å². The Morgan fingerprint density at radius 1 is 1.19 bits per heavy atom. The molecule has 0 aromatic carbocycles. The molecule has 0 aromatic rings. The molecule has 0 aliphatic carbocycles. The van der Waals surface area contributed by atoms with Gasteiger partial charge in [-0.3, -0.25) is 0 Å². The summed E-state index contributed by atoms with van der Waals surface area (Å²) in [5, 5.41) is 0. The van der Waals surface area contributed by atoms with Crippen molar-refractivity contribution in [2.75, 3.05) is 0 Å². The fourth-order valence-electron chi connectivity index (χ4n) is 1.39. The van der Waals surface area contributed by atoms with Gasteiger partial charge >= 0.3 is 31.6 Å². The molecule has 2 nitrogen and oxygen atoms in total. The maximum Gasteiger partial charge on any atom is 2.00 e. The van der Waals surface area contributed by atoms with Gasteiger partial charge in [-0.2, -0.15) is 6.42 Å². The quantitative estimate of drug-likeness (QED) is 0.355. The van der Waals surface area contributed by atoms with Crippen LogP contribution >= 0.6 is 0 Å². The summed E-state index contributed by atoms with van der Waals surface area (Å²) in [6.07, 6.45) is 1.20. The molecule has 0 atom stereocenters. The van der Waals surface area contributed by atoms with E-state index in [9.17, 15) is 0 Å². The second-order valence-corrected chi connectivity index (χ2v) is 6.96. The number of rotatable bonds is 7. The van der Waals surface area contributed by atoms with Crippen LogP contribution in [0.4, 0.5) is 0 Å². The molecular formula is C11H23IMgO2Si. The van der Waals surface area contributed by atoms with E-state index in [-0.39, 0.29) is 59.2 Å². The summed E-state index contributed by atoms with van der Waals surface area (Å²) in [6.45, 7) is 15.8. The maximum absolute atomic E-state index is 5.90. The molecule has 0 fully saturated rings. The first kappa shape index (κ1) is 22.5. The topological polar surface area (TPSA) is 18.5 Å². The number of hydrogen-bond donors (Lipinski definition) is 0. The molecule has 0 saturated carbocycles. The second-order valence-electron chi connectivity index (χ2n) is 3.95. The Morgan fingerprint density at radius 3 is 1.75 bits per heavy atom. The Hall–Kier alpha value is 1.37. The molecule has 0 N–H and O–H groups in total. The van der Waals surface area contributed by atoms with Gasteiger partial charge < -0.3 is 39.8 Å². The fraction of sp³-hybridized carbons (Fsp3) is 0.727. The zero-order valence-corrected chi connectivity index (χ0v) is 15.5. The monoisotopic (exact) mass is 366 g/mol. The average molecular weight is 367 g/mol. The van der Waals surface area contributed by atoms with Crippen LogP contribution < -0.4 is 24.0 Å². The van der Waals surface area contributed by atoms with Crippen LogP contribution in [0.1, 0.15) is 34.1 Å². The molecule has 0 spiro atoms. The number of halogens is 1. The van der Waals surface area contributed by atoms with Gasteiger partial charge in [0.05, 0.1) is 0 Å². The zero-order chi connectivity index (χ0) is 11.2. The first-order valence-corrected chi connectivity index (χ1v) is 7.34. The summed E-state index contributed by atoms with van der Waals surface area (Å²) in [4.78, 5) is 0. The molecular weight excluding hydrogens is 343 g/mol. The summed E-state index contributed by atoms with van der Waals surface area (Å²) in [5.41, 5.74) is 1.87. The molecule has 0 bridgehead atoms. The molecule has 0 unspecified atom stereocenters. The van der Waals surface area contributed by atoms with Gasteiger partial charge in [-0.05, 0) is 39.4 Å². The minimum absolute atomic E-state index is 0. The van der Waals surface area contributed by atoms with Gasteiger partial charge in [0, 0.05) is 12.2 Å². The summed E-state index contributed by atoms with van der Waals surface area (Å²) in [7, 11) is -2.19. The third-order valence-electron chi connectivity index (χ3n) is 1.71. The van der Waals surface area contributed by atoms with Crippen molar-refractivity contribution in [2.24, 2.45) is 0 Å². The van der Waals surface area contributed by atoms with Gasteiger partial charge in [0.1, 0.15) is 0 Å². The van der Waals surface area contributed by atoms with Crippen molar-refractivity contribution in [3.8, 4) is 0 Å². The van der Waals surface area contributed by atoms with Crippen LogP contribution in [0.3, 0.4) is 0 Å². The molecule has 0 rings (SSSR count). The Kier molecular flexibility index (Phi) is 16.2. The van der Waals surface area contributed by atoms with E-state index in [0.717, 1.165) is 12.5 Å². The summed E-state index contributed by atoms with van der Waals surface area (Å²) >= 11 is 0. The predicted molar refractivity (Wildman–Crippen MR) is 68.9 cm³/mol. The van der Waals surface area contributed by atoms with E-state index >= 15 is 0 Å². The summed E-state index contributed by atoms with van der Waals surface area (Å²) in [6, 6.07) is 0.882. The zero-order valence-electron chi connectivity index (χ0n) is 11.0. The molecule has 0 amide bonds. The van der Waals surface area contributed by atoms with Crippen LogP contribution in [0.15, 0.2) is 12.3 Å². The van der Waals surface area contributed by atoms with Crippen molar-refractivity contribution in [1.29, 1.82) is 0 Å². The van der Waals surface area contributed by atoms with Crippen molar-refractivity contribution in [3.63, 3.8) is 0 Å². The third kappa shape index (κ3) is 9.41. The average Bonchev–Trinajstić information content (AvgIpc) is 2.02. The predicted octanol–water partition coefficient (Wildman–Crippen LogP) is -0.149. The van der Waals surface area contributed by atoms with E-state index in [2.05, 4.69) is 13.5 Å². The Bertz CT molecular complexity index is 167. The molecule has 0 saturated heterocycles. The van der Waals surface area contributed by atoms with Crippen LogP contribution in [-0.4, -0.2) is 43.8 Å².